The van der Waals surface area contributed by atoms with Gasteiger partial charge in [-0.15, -0.1) is 0 Å². The summed E-state index contributed by atoms with van der Waals surface area (Å²) in [7, 11) is 0. The SMILES string of the molecule is NC[C@H](N)c1ccc(C(=O)O)cc1Br. The van der Waals surface area contributed by atoms with Gasteiger partial charge in [-0.3, -0.25) is 0 Å². The molecule has 14 heavy (non-hydrogen) atoms. The Morgan fingerprint density at radius 2 is 2.21 bits per heavy atom. The minimum atomic E-state index is -0.960. The summed E-state index contributed by atoms with van der Waals surface area (Å²) in [5.41, 5.74) is 12.2. The Morgan fingerprint density at radius 3 is 2.64 bits per heavy atom. The Kier molecular flexibility index (Phi) is 3.62. The van der Waals surface area contributed by atoms with Crippen LogP contribution in [0.5, 0.6) is 0 Å². The molecule has 0 aliphatic rings. The molecule has 0 heterocycles. The number of nitrogens with two attached hydrogens (primary N) is 2. The Morgan fingerprint density at radius 1 is 1.57 bits per heavy atom. The smallest absolute Gasteiger partial charge is 0.335 e. The molecule has 1 aromatic rings. The lowest BCUT2D eigenvalue weighted by Gasteiger charge is -2.11. The molecular formula is C9H11BrN2O2. The van der Waals surface area contributed by atoms with E-state index in [-0.39, 0.29) is 11.6 Å². The molecule has 0 unspecified atom stereocenters. The van der Waals surface area contributed by atoms with Gasteiger partial charge in [-0.1, -0.05) is 22.0 Å². The molecule has 0 fully saturated rings. The second-order valence-electron chi connectivity index (χ2n) is 2.88. The third kappa shape index (κ3) is 2.31. The van der Waals surface area contributed by atoms with Crippen LogP contribution < -0.4 is 11.5 Å². The summed E-state index contributed by atoms with van der Waals surface area (Å²) in [4.78, 5) is 10.6. The predicted octanol–water partition coefficient (Wildman–Crippen LogP) is 1.11. The number of carboxylic acids is 1. The third-order valence-electron chi connectivity index (χ3n) is 1.90. The zero-order valence-electron chi connectivity index (χ0n) is 7.40. The topological polar surface area (TPSA) is 89.3 Å². The third-order valence-corrected chi connectivity index (χ3v) is 2.59. The number of aromatic carboxylic acids is 1. The van der Waals surface area contributed by atoms with E-state index in [1.54, 1.807) is 6.07 Å². The molecule has 0 saturated heterocycles. The molecule has 1 atom stereocenters. The first-order valence-electron chi connectivity index (χ1n) is 4.04. The molecule has 5 heteroatoms. The van der Waals surface area contributed by atoms with Crippen molar-refractivity contribution in [2.24, 2.45) is 11.5 Å². The van der Waals surface area contributed by atoms with Gasteiger partial charge >= 0.3 is 5.97 Å². The summed E-state index contributed by atoms with van der Waals surface area (Å²) in [6.45, 7) is 0.324. The van der Waals surface area contributed by atoms with E-state index < -0.39 is 5.97 Å². The van der Waals surface area contributed by atoms with Gasteiger partial charge in [0.2, 0.25) is 0 Å². The Labute approximate surface area is 90.0 Å². The molecule has 4 nitrogen and oxygen atoms in total. The van der Waals surface area contributed by atoms with Crippen molar-refractivity contribution in [3.8, 4) is 0 Å². The van der Waals surface area contributed by atoms with E-state index in [1.807, 2.05) is 0 Å². The van der Waals surface area contributed by atoms with Crippen molar-refractivity contribution in [3.63, 3.8) is 0 Å². The van der Waals surface area contributed by atoms with E-state index in [0.29, 0.717) is 11.0 Å². The predicted molar refractivity (Wildman–Crippen MR) is 57.1 cm³/mol. The lowest BCUT2D eigenvalue weighted by atomic mass is 10.1. The first-order valence-corrected chi connectivity index (χ1v) is 4.84. The van der Waals surface area contributed by atoms with Crippen LogP contribution in [0.3, 0.4) is 0 Å². The van der Waals surface area contributed by atoms with Crippen LogP contribution in [0.1, 0.15) is 22.0 Å². The number of hydrogen-bond donors (Lipinski definition) is 3. The zero-order valence-corrected chi connectivity index (χ0v) is 8.99. The van der Waals surface area contributed by atoms with Crippen LogP contribution in [0.4, 0.5) is 0 Å². The van der Waals surface area contributed by atoms with Gasteiger partial charge < -0.3 is 16.6 Å². The van der Waals surface area contributed by atoms with Crippen molar-refractivity contribution in [1.82, 2.24) is 0 Å². The lowest BCUT2D eigenvalue weighted by Crippen LogP contribution is -2.21. The summed E-state index contributed by atoms with van der Waals surface area (Å²) >= 11 is 3.26. The van der Waals surface area contributed by atoms with Gasteiger partial charge in [0, 0.05) is 17.1 Å². The molecule has 0 spiro atoms. The van der Waals surface area contributed by atoms with Crippen molar-refractivity contribution in [2.45, 2.75) is 6.04 Å². The van der Waals surface area contributed by atoms with Gasteiger partial charge in [0.1, 0.15) is 0 Å². The fourth-order valence-corrected chi connectivity index (χ4v) is 1.76. The molecule has 76 valence electrons. The summed E-state index contributed by atoms with van der Waals surface area (Å²) in [5, 5.41) is 8.72. The summed E-state index contributed by atoms with van der Waals surface area (Å²) in [6.07, 6.45) is 0. The fraction of sp³-hybridized carbons (Fsp3) is 0.222. The Bertz CT molecular complexity index is 355. The highest BCUT2D eigenvalue weighted by Gasteiger charge is 2.10. The average molecular weight is 259 g/mol. The molecule has 0 aromatic heterocycles. The van der Waals surface area contributed by atoms with Crippen molar-refractivity contribution >= 4 is 21.9 Å². The molecule has 0 amide bonds. The standard InChI is InChI=1S/C9H11BrN2O2/c10-7-3-5(9(13)14)1-2-6(7)8(12)4-11/h1-3,8H,4,11-12H2,(H,13,14)/t8-/m0/s1. The molecule has 0 radical (unpaired) electrons. The normalized spacial score (nSPS) is 12.5. The number of halogens is 1. The zero-order chi connectivity index (χ0) is 10.7. The second-order valence-corrected chi connectivity index (χ2v) is 3.74. The molecule has 1 aromatic carbocycles. The van der Waals surface area contributed by atoms with Crippen molar-refractivity contribution in [3.05, 3.63) is 33.8 Å². The number of rotatable bonds is 3. The van der Waals surface area contributed by atoms with Crippen molar-refractivity contribution < 1.29 is 9.90 Å². The number of carboxylic acid groups (broad SMARTS) is 1. The highest BCUT2D eigenvalue weighted by molar-refractivity contribution is 9.10. The maximum Gasteiger partial charge on any atom is 0.335 e. The Balaban J connectivity index is 3.07. The molecule has 5 N–H and O–H groups in total. The minimum absolute atomic E-state index is 0.227. The molecular weight excluding hydrogens is 248 g/mol. The largest absolute Gasteiger partial charge is 0.478 e. The lowest BCUT2D eigenvalue weighted by molar-refractivity contribution is 0.0697. The van der Waals surface area contributed by atoms with Gasteiger partial charge in [-0.2, -0.15) is 0 Å². The first-order chi connectivity index (χ1) is 6.56. The molecule has 1 rings (SSSR count). The molecule has 0 saturated carbocycles. The summed E-state index contributed by atoms with van der Waals surface area (Å²) in [5.74, 6) is -0.960. The molecule has 0 aliphatic heterocycles. The number of hydrogen-bond acceptors (Lipinski definition) is 3. The van der Waals surface area contributed by atoms with Crippen molar-refractivity contribution in [1.29, 1.82) is 0 Å². The van der Waals surface area contributed by atoms with Gasteiger partial charge in [0.15, 0.2) is 0 Å². The second kappa shape index (κ2) is 4.54. The van der Waals surface area contributed by atoms with E-state index in [2.05, 4.69) is 15.9 Å². The monoisotopic (exact) mass is 258 g/mol. The van der Waals surface area contributed by atoms with E-state index in [4.69, 9.17) is 16.6 Å². The van der Waals surface area contributed by atoms with Crippen LogP contribution in [0, 0.1) is 0 Å². The van der Waals surface area contributed by atoms with E-state index in [9.17, 15) is 4.79 Å². The van der Waals surface area contributed by atoms with Crippen LogP contribution >= 0.6 is 15.9 Å². The maximum atomic E-state index is 10.6. The van der Waals surface area contributed by atoms with Crippen LogP contribution in [0.15, 0.2) is 22.7 Å². The minimum Gasteiger partial charge on any atom is -0.478 e. The first kappa shape index (κ1) is 11.2. The summed E-state index contributed by atoms with van der Waals surface area (Å²) < 4.78 is 0.676. The van der Waals surface area contributed by atoms with Gasteiger partial charge in [0.05, 0.1) is 5.56 Å². The number of benzene rings is 1. The Hall–Kier alpha value is -0.910. The van der Waals surface area contributed by atoms with Crippen LogP contribution in [-0.2, 0) is 0 Å². The van der Waals surface area contributed by atoms with Gasteiger partial charge in [-0.25, -0.2) is 4.79 Å². The van der Waals surface area contributed by atoms with Gasteiger partial charge in [0.25, 0.3) is 0 Å². The van der Waals surface area contributed by atoms with Crippen LogP contribution in [0.2, 0.25) is 0 Å². The summed E-state index contributed by atoms with van der Waals surface area (Å²) in [6, 6.07) is 4.43. The van der Waals surface area contributed by atoms with Crippen LogP contribution in [-0.4, -0.2) is 17.6 Å². The number of carbonyl (C=O) groups is 1. The fourth-order valence-electron chi connectivity index (χ4n) is 1.09. The van der Waals surface area contributed by atoms with Gasteiger partial charge in [-0.05, 0) is 17.7 Å². The quantitative estimate of drug-likeness (QED) is 0.758. The highest BCUT2D eigenvalue weighted by atomic mass is 79.9. The molecule has 0 aliphatic carbocycles. The average Bonchev–Trinajstić information content (AvgIpc) is 2.16. The highest BCUT2D eigenvalue weighted by Crippen LogP contribution is 2.22. The van der Waals surface area contributed by atoms with E-state index in [0.717, 1.165) is 5.56 Å². The molecule has 0 bridgehead atoms. The van der Waals surface area contributed by atoms with E-state index >= 15 is 0 Å². The van der Waals surface area contributed by atoms with E-state index in [1.165, 1.54) is 12.1 Å². The maximum absolute atomic E-state index is 10.6. The van der Waals surface area contributed by atoms with Crippen molar-refractivity contribution in [2.75, 3.05) is 6.54 Å². The van der Waals surface area contributed by atoms with Crippen LogP contribution in [0.25, 0.3) is 0 Å².